The summed E-state index contributed by atoms with van der Waals surface area (Å²) in [5.41, 5.74) is 2.54. The van der Waals surface area contributed by atoms with Gasteiger partial charge in [0.1, 0.15) is 12.4 Å². The lowest BCUT2D eigenvalue weighted by atomic mass is 10.2. The summed E-state index contributed by atoms with van der Waals surface area (Å²) >= 11 is 7.94. The molecule has 2 aromatic carbocycles. The van der Waals surface area contributed by atoms with Gasteiger partial charge in [0.25, 0.3) is 5.91 Å². The first-order valence-corrected chi connectivity index (χ1v) is 10.5. The molecule has 0 heterocycles. The van der Waals surface area contributed by atoms with Crippen LogP contribution in [0.4, 0.5) is 10.1 Å². The highest BCUT2D eigenvalue weighted by Gasteiger charge is 2.20. The molecule has 138 valence electrons. The molecule has 0 aromatic heterocycles. The second-order valence-corrected chi connectivity index (χ2v) is 8.73. The van der Waals surface area contributed by atoms with Gasteiger partial charge >= 0.3 is 0 Å². The van der Waals surface area contributed by atoms with Crippen LogP contribution in [0.25, 0.3) is 0 Å². The van der Waals surface area contributed by atoms with Crippen LogP contribution in [0, 0.1) is 9.39 Å². The van der Waals surface area contributed by atoms with Crippen molar-refractivity contribution in [3.63, 3.8) is 0 Å². The van der Waals surface area contributed by atoms with Crippen LogP contribution in [0.5, 0.6) is 0 Å². The maximum atomic E-state index is 13.6. The highest BCUT2D eigenvalue weighted by Crippen LogP contribution is 2.19. The number of nitrogens with one attached hydrogen (secondary N) is 1. The Labute approximate surface area is 169 Å². The molecule has 0 unspecified atom stereocenters. The van der Waals surface area contributed by atoms with Crippen molar-refractivity contribution in [1.82, 2.24) is 5.43 Å². The van der Waals surface area contributed by atoms with Crippen LogP contribution in [0.15, 0.2) is 47.6 Å². The number of carbonyl (C=O) groups is 1. The maximum absolute atomic E-state index is 13.6. The zero-order valence-electron chi connectivity index (χ0n) is 13.5. The third kappa shape index (κ3) is 5.64. The molecular formula is C16H14ClFIN3O3S. The first kappa shape index (κ1) is 20.6. The largest absolute Gasteiger partial charge is 0.271 e. The highest BCUT2D eigenvalue weighted by atomic mass is 127. The first-order valence-electron chi connectivity index (χ1n) is 7.17. The van der Waals surface area contributed by atoms with E-state index in [1.807, 2.05) is 0 Å². The summed E-state index contributed by atoms with van der Waals surface area (Å²) in [6, 6.07) is 10.8. The first-order chi connectivity index (χ1) is 12.2. The predicted octanol–water partition coefficient (Wildman–Crippen LogP) is 3.00. The van der Waals surface area contributed by atoms with Gasteiger partial charge in [0, 0.05) is 9.13 Å². The van der Waals surface area contributed by atoms with Gasteiger partial charge in [-0.25, -0.2) is 18.2 Å². The van der Waals surface area contributed by atoms with Crippen molar-refractivity contribution in [3.8, 4) is 0 Å². The van der Waals surface area contributed by atoms with Gasteiger partial charge in [-0.15, -0.1) is 0 Å². The third-order valence-electron chi connectivity index (χ3n) is 3.18. The van der Waals surface area contributed by atoms with E-state index in [4.69, 9.17) is 11.6 Å². The van der Waals surface area contributed by atoms with Crippen LogP contribution in [0.1, 0.15) is 5.56 Å². The SMILES string of the molecule is CS(=O)(=O)N(CC(=O)N/N=C\c1c(F)cccc1Cl)c1ccc(I)cc1. The summed E-state index contributed by atoms with van der Waals surface area (Å²) in [6.07, 6.45) is 2.06. The zero-order valence-corrected chi connectivity index (χ0v) is 17.2. The smallest absolute Gasteiger partial charge is 0.260 e. The Hall–Kier alpha value is -1.72. The van der Waals surface area contributed by atoms with E-state index >= 15 is 0 Å². The van der Waals surface area contributed by atoms with E-state index in [-0.39, 0.29) is 10.6 Å². The Kier molecular flexibility index (Phi) is 6.95. The summed E-state index contributed by atoms with van der Waals surface area (Å²) in [4.78, 5) is 12.0. The molecule has 6 nitrogen and oxygen atoms in total. The van der Waals surface area contributed by atoms with Gasteiger partial charge in [0.15, 0.2) is 0 Å². The Balaban J connectivity index is 2.11. The number of rotatable bonds is 6. The number of nitrogens with zero attached hydrogens (tertiary/aromatic N) is 2. The number of hydrazone groups is 1. The van der Waals surface area contributed by atoms with Crippen molar-refractivity contribution in [2.75, 3.05) is 17.1 Å². The summed E-state index contributed by atoms with van der Waals surface area (Å²) in [7, 11) is -3.68. The summed E-state index contributed by atoms with van der Waals surface area (Å²) in [6.45, 7) is -0.470. The molecule has 2 aromatic rings. The van der Waals surface area contributed by atoms with Crippen molar-refractivity contribution in [1.29, 1.82) is 0 Å². The van der Waals surface area contributed by atoms with E-state index in [2.05, 4.69) is 33.1 Å². The highest BCUT2D eigenvalue weighted by molar-refractivity contribution is 14.1. The van der Waals surface area contributed by atoms with Crippen molar-refractivity contribution in [3.05, 3.63) is 62.4 Å². The van der Waals surface area contributed by atoms with Crippen molar-refractivity contribution < 1.29 is 17.6 Å². The molecule has 1 N–H and O–H groups in total. The van der Waals surface area contributed by atoms with Gasteiger partial charge in [-0.1, -0.05) is 17.7 Å². The van der Waals surface area contributed by atoms with E-state index < -0.39 is 28.3 Å². The number of halogens is 3. The molecule has 10 heteroatoms. The Morgan fingerprint density at radius 3 is 2.54 bits per heavy atom. The number of hydrogen-bond donors (Lipinski definition) is 1. The number of carbonyl (C=O) groups excluding carboxylic acids is 1. The Morgan fingerprint density at radius 1 is 1.31 bits per heavy atom. The molecular weight excluding hydrogens is 496 g/mol. The van der Waals surface area contributed by atoms with Gasteiger partial charge in [-0.2, -0.15) is 5.10 Å². The van der Waals surface area contributed by atoms with Crippen LogP contribution in [-0.2, 0) is 14.8 Å². The fraction of sp³-hybridized carbons (Fsp3) is 0.125. The fourth-order valence-electron chi connectivity index (χ4n) is 1.98. The standard InChI is InChI=1S/C16H14ClFIN3O3S/c1-26(24,25)22(12-7-5-11(19)6-8-12)10-16(23)21-20-9-13-14(17)3-2-4-15(13)18/h2-9H,10H2,1H3,(H,21,23)/b20-9-. The maximum Gasteiger partial charge on any atom is 0.260 e. The Bertz CT molecular complexity index is 916. The lowest BCUT2D eigenvalue weighted by Gasteiger charge is -2.21. The second-order valence-electron chi connectivity index (χ2n) is 5.17. The fourth-order valence-corrected chi connectivity index (χ4v) is 3.40. The molecule has 0 bridgehead atoms. The van der Waals surface area contributed by atoms with Crippen molar-refractivity contribution in [2.24, 2.45) is 5.10 Å². The van der Waals surface area contributed by atoms with Crippen LogP contribution < -0.4 is 9.73 Å². The molecule has 0 atom stereocenters. The molecule has 2 rings (SSSR count). The van der Waals surface area contributed by atoms with Crippen LogP contribution in [0.3, 0.4) is 0 Å². The van der Waals surface area contributed by atoms with Crippen LogP contribution in [0.2, 0.25) is 5.02 Å². The van der Waals surface area contributed by atoms with Gasteiger partial charge in [0.2, 0.25) is 10.0 Å². The van der Waals surface area contributed by atoms with E-state index in [1.165, 1.54) is 18.2 Å². The molecule has 26 heavy (non-hydrogen) atoms. The van der Waals surface area contributed by atoms with Crippen LogP contribution in [-0.4, -0.2) is 33.3 Å². The minimum Gasteiger partial charge on any atom is -0.271 e. The molecule has 0 aliphatic heterocycles. The molecule has 1 amide bonds. The normalized spacial score (nSPS) is 11.5. The van der Waals surface area contributed by atoms with Crippen LogP contribution >= 0.6 is 34.2 Å². The molecule has 0 fully saturated rings. The Morgan fingerprint density at radius 2 is 1.96 bits per heavy atom. The number of anilines is 1. The van der Waals surface area contributed by atoms with Gasteiger partial charge in [0.05, 0.1) is 23.2 Å². The monoisotopic (exact) mass is 509 g/mol. The van der Waals surface area contributed by atoms with Gasteiger partial charge in [-0.3, -0.25) is 9.10 Å². The number of hydrogen-bond acceptors (Lipinski definition) is 4. The topological polar surface area (TPSA) is 78.8 Å². The summed E-state index contributed by atoms with van der Waals surface area (Å²) in [5.74, 6) is -1.27. The number of amides is 1. The lowest BCUT2D eigenvalue weighted by Crippen LogP contribution is -2.39. The molecule has 0 saturated heterocycles. The lowest BCUT2D eigenvalue weighted by molar-refractivity contribution is -0.119. The summed E-state index contributed by atoms with van der Waals surface area (Å²) < 4.78 is 39.4. The minimum atomic E-state index is -3.68. The van der Waals surface area contributed by atoms with Crippen molar-refractivity contribution in [2.45, 2.75) is 0 Å². The number of benzene rings is 2. The second kappa shape index (κ2) is 8.78. The van der Waals surface area contributed by atoms with E-state index in [9.17, 15) is 17.6 Å². The quantitative estimate of drug-likeness (QED) is 0.369. The molecule has 0 radical (unpaired) electrons. The molecule has 0 aliphatic rings. The van der Waals surface area contributed by atoms with E-state index in [1.54, 1.807) is 24.3 Å². The minimum absolute atomic E-state index is 0.0204. The van der Waals surface area contributed by atoms with Crippen molar-refractivity contribution >= 4 is 62.0 Å². The molecule has 0 aliphatic carbocycles. The average molecular weight is 510 g/mol. The van der Waals surface area contributed by atoms with Gasteiger partial charge < -0.3 is 0 Å². The third-order valence-corrected chi connectivity index (χ3v) is 5.37. The zero-order chi connectivity index (χ0) is 19.3. The molecule has 0 saturated carbocycles. The van der Waals surface area contributed by atoms with E-state index in [0.29, 0.717) is 5.69 Å². The molecule has 0 spiro atoms. The average Bonchev–Trinajstić information content (AvgIpc) is 2.55. The predicted molar refractivity (Wildman–Crippen MR) is 108 cm³/mol. The van der Waals surface area contributed by atoms with E-state index in [0.717, 1.165) is 20.3 Å². The number of sulfonamides is 1. The van der Waals surface area contributed by atoms with Gasteiger partial charge in [-0.05, 0) is 59.0 Å². The summed E-state index contributed by atoms with van der Waals surface area (Å²) in [5, 5.41) is 3.77.